The van der Waals surface area contributed by atoms with Crippen LogP contribution in [0, 0.1) is 0 Å². The Labute approximate surface area is 105 Å². The summed E-state index contributed by atoms with van der Waals surface area (Å²) < 4.78 is 5.61. The van der Waals surface area contributed by atoms with Gasteiger partial charge in [0.2, 0.25) is 0 Å². The number of nitrogens with two attached hydrogens (primary N) is 1. The van der Waals surface area contributed by atoms with Gasteiger partial charge in [-0.3, -0.25) is 0 Å². The quantitative estimate of drug-likeness (QED) is 0.882. The molecule has 3 rings (SSSR count). The van der Waals surface area contributed by atoms with E-state index >= 15 is 0 Å². The van der Waals surface area contributed by atoms with Crippen molar-refractivity contribution in [2.24, 2.45) is 5.73 Å². The van der Waals surface area contributed by atoms with Crippen molar-refractivity contribution in [3.63, 3.8) is 0 Å². The fourth-order valence-corrected chi connectivity index (χ4v) is 2.96. The Kier molecular flexibility index (Phi) is 2.87. The minimum Gasteiger partial charge on any atom is -0.493 e. The fourth-order valence-electron chi connectivity index (χ4n) is 2.21. The number of aryl methyl sites for hydroxylation is 1. The summed E-state index contributed by atoms with van der Waals surface area (Å²) in [5, 5.41) is 2.07. The second-order valence-electron chi connectivity index (χ2n) is 4.31. The number of rotatable bonds is 2. The molecule has 0 amide bonds. The van der Waals surface area contributed by atoms with Gasteiger partial charge in [0.05, 0.1) is 12.6 Å². The molecule has 0 saturated heterocycles. The first kappa shape index (κ1) is 10.8. The van der Waals surface area contributed by atoms with E-state index < -0.39 is 0 Å². The number of fused-ring (bicyclic) bond motifs is 1. The van der Waals surface area contributed by atoms with Crippen molar-refractivity contribution in [1.29, 1.82) is 0 Å². The Morgan fingerprint density at radius 3 is 3.06 bits per heavy atom. The molecule has 1 aromatic heterocycles. The van der Waals surface area contributed by atoms with Crippen LogP contribution in [-0.2, 0) is 6.42 Å². The molecule has 0 radical (unpaired) electrons. The van der Waals surface area contributed by atoms with Crippen LogP contribution in [0.2, 0.25) is 0 Å². The van der Waals surface area contributed by atoms with E-state index in [0.717, 1.165) is 25.2 Å². The van der Waals surface area contributed by atoms with Crippen molar-refractivity contribution in [2.75, 3.05) is 6.61 Å². The Hall–Kier alpha value is -1.32. The van der Waals surface area contributed by atoms with Crippen molar-refractivity contribution in [2.45, 2.75) is 18.9 Å². The third-order valence-electron chi connectivity index (χ3n) is 3.14. The Bertz CT molecular complexity index is 507. The molecule has 0 bridgehead atoms. The molecule has 17 heavy (non-hydrogen) atoms. The van der Waals surface area contributed by atoms with Crippen LogP contribution in [0.5, 0.6) is 5.75 Å². The topological polar surface area (TPSA) is 35.2 Å². The average molecular weight is 245 g/mol. The van der Waals surface area contributed by atoms with Crippen LogP contribution < -0.4 is 10.5 Å². The predicted octanol–water partition coefficient (Wildman–Crippen LogP) is 3.12. The summed E-state index contributed by atoms with van der Waals surface area (Å²) in [6.45, 7) is 0.837. The molecule has 1 unspecified atom stereocenters. The third kappa shape index (κ3) is 2.08. The lowest BCUT2D eigenvalue weighted by Gasteiger charge is -2.19. The van der Waals surface area contributed by atoms with Crippen molar-refractivity contribution in [1.82, 2.24) is 0 Å². The van der Waals surface area contributed by atoms with Gasteiger partial charge in [-0.15, -0.1) is 11.3 Å². The van der Waals surface area contributed by atoms with Crippen LogP contribution in [0.15, 0.2) is 35.7 Å². The molecule has 2 nitrogen and oxygen atoms in total. The van der Waals surface area contributed by atoms with Crippen molar-refractivity contribution < 1.29 is 4.74 Å². The van der Waals surface area contributed by atoms with Gasteiger partial charge in [0, 0.05) is 4.88 Å². The average Bonchev–Trinajstić information content (AvgIpc) is 2.91. The lowest BCUT2D eigenvalue weighted by molar-refractivity contribution is 0.288. The maximum atomic E-state index is 6.26. The van der Waals surface area contributed by atoms with E-state index in [-0.39, 0.29) is 6.04 Å². The highest BCUT2D eigenvalue weighted by atomic mass is 32.1. The SMILES string of the molecule is NC(c1ccc2c(c1)CCCO2)c1cccs1. The van der Waals surface area contributed by atoms with Crippen LogP contribution in [0.1, 0.15) is 28.5 Å². The molecule has 0 aliphatic carbocycles. The summed E-state index contributed by atoms with van der Waals surface area (Å²) in [7, 11) is 0. The normalized spacial score (nSPS) is 16.1. The summed E-state index contributed by atoms with van der Waals surface area (Å²) in [5.74, 6) is 1.03. The molecule has 3 heteroatoms. The van der Waals surface area contributed by atoms with Gasteiger partial charge in [-0.25, -0.2) is 0 Å². The summed E-state index contributed by atoms with van der Waals surface area (Å²) >= 11 is 1.71. The maximum absolute atomic E-state index is 6.26. The summed E-state index contributed by atoms with van der Waals surface area (Å²) in [6.07, 6.45) is 2.20. The first-order valence-electron chi connectivity index (χ1n) is 5.89. The van der Waals surface area contributed by atoms with E-state index in [1.54, 1.807) is 11.3 Å². The van der Waals surface area contributed by atoms with Crippen molar-refractivity contribution in [3.8, 4) is 5.75 Å². The van der Waals surface area contributed by atoms with Crippen LogP contribution in [-0.4, -0.2) is 6.61 Å². The van der Waals surface area contributed by atoms with Crippen molar-refractivity contribution in [3.05, 3.63) is 51.7 Å². The molecule has 0 fully saturated rings. The van der Waals surface area contributed by atoms with Gasteiger partial charge in [0.25, 0.3) is 0 Å². The number of hydrogen-bond acceptors (Lipinski definition) is 3. The van der Waals surface area contributed by atoms with Crippen LogP contribution >= 0.6 is 11.3 Å². The van der Waals surface area contributed by atoms with E-state index in [1.807, 2.05) is 6.07 Å². The zero-order valence-electron chi connectivity index (χ0n) is 9.56. The molecule has 0 saturated carbocycles. The molecule has 1 aliphatic heterocycles. The monoisotopic (exact) mass is 245 g/mol. The molecular weight excluding hydrogens is 230 g/mol. The van der Waals surface area contributed by atoms with Gasteiger partial charge >= 0.3 is 0 Å². The van der Waals surface area contributed by atoms with Gasteiger partial charge in [-0.05, 0) is 41.5 Å². The van der Waals surface area contributed by atoms with Gasteiger partial charge in [0.1, 0.15) is 5.75 Å². The standard InChI is InChI=1S/C14H15NOS/c15-14(13-4-2-8-17-13)11-5-6-12-10(9-11)3-1-7-16-12/h2,4-6,8-9,14H,1,3,7,15H2. The lowest BCUT2D eigenvalue weighted by atomic mass is 9.99. The largest absolute Gasteiger partial charge is 0.493 e. The first-order valence-corrected chi connectivity index (χ1v) is 6.77. The Morgan fingerprint density at radius 2 is 2.24 bits per heavy atom. The minimum absolute atomic E-state index is 0.0118. The summed E-state index contributed by atoms with van der Waals surface area (Å²) in [6, 6.07) is 10.4. The number of ether oxygens (including phenoxy) is 1. The number of thiophene rings is 1. The highest BCUT2D eigenvalue weighted by Gasteiger charge is 2.15. The minimum atomic E-state index is -0.0118. The van der Waals surface area contributed by atoms with Crippen LogP contribution in [0.3, 0.4) is 0 Å². The van der Waals surface area contributed by atoms with Crippen molar-refractivity contribution >= 4 is 11.3 Å². The second kappa shape index (κ2) is 4.51. The van der Waals surface area contributed by atoms with Gasteiger partial charge < -0.3 is 10.5 Å². The highest BCUT2D eigenvalue weighted by Crippen LogP contribution is 2.30. The van der Waals surface area contributed by atoms with E-state index in [4.69, 9.17) is 10.5 Å². The second-order valence-corrected chi connectivity index (χ2v) is 5.29. The fraction of sp³-hybridized carbons (Fsp3) is 0.286. The van der Waals surface area contributed by atoms with Gasteiger partial charge in [-0.1, -0.05) is 18.2 Å². The van der Waals surface area contributed by atoms with E-state index in [0.29, 0.717) is 0 Å². The maximum Gasteiger partial charge on any atom is 0.122 e. The third-order valence-corrected chi connectivity index (χ3v) is 4.10. The smallest absolute Gasteiger partial charge is 0.122 e. The van der Waals surface area contributed by atoms with E-state index in [2.05, 4.69) is 29.6 Å². The number of benzene rings is 1. The zero-order chi connectivity index (χ0) is 11.7. The molecule has 2 aromatic rings. The predicted molar refractivity (Wildman–Crippen MR) is 70.6 cm³/mol. The summed E-state index contributed by atoms with van der Waals surface area (Å²) in [5.41, 5.74) is 8.73. The first-order chi connectivity index (χ1) is 8.34. The van der Waals surface area contributed by atoms with E-state index in [1.165, 1.54) is 16.0 Å². The highest BCUT2D eigenvalue weighted by molar-refractivity contribution is 7.10. The zero-order valence-corrected chi connectivity index (χ0v) is 10.4. The lowest BCUT2D eigenvalue weighted by Crippen LogP contribution is -2.13. The van der Waals surface area contributed by atoms with Gasteiger partial charge in [-0.2, -0.15) is 0 Å². The van der Waals surface area contributed by atoms with Gasteiger partial charge in [0.15, 0.2) is 0 Å². The Balaban J connectivity index is 1.93. The molecule has 1 atom stereocenters. The number of hydrogen-bond donors (Lipinski definition) is 1. The summed E-state index contributed by atoms with van der Waals surface area (Å²) in [4.78, 5) is 1.21. The molecule has 1 aliphatic rings. The Morgan fingerprint density at radius 1 is 1.29 bits per heavy atom. The molecule has 1 aromatic carbocycles. The molecule has 88 valence electrons. The van der Waals surface area contributed by atoms with Crippen LogP contribution in [0.4, 0.5) is 0 Å². The molecule has 2 heterocycles. The van der Waals surface area contributed by atoms with E-state index in [9.17, 15) is 0 Å². The molecule has 2 N–H and O–H groups in total. The van der Waals surface area contributed by atoms with Crippen LogP contribution in [0.25, 0.3) is 0 Å². The molecular formula is C14H15NOS. The molecule has 0 spiro atoms.